The number of benzene rings is 3. The van der Waals surface area contributed by atoms with Gasteiger partial charge < -0.3 is 0 Å². The number of rotatable bonds is 7. The maximum atomic E-state index is 12.5. The Balaban J connectivity index is 1.72. The lowest BCUT2D eigenvalue weighted by Gasteiger charge is -2.08. The number of nitrogens with one attached hydrogen (secondary N) is 1. The first kappa shape index (κ1) is 18.6. The van der Waals surface area contributed by atoms with E-state index in [9.17, 15) is 4.79 Å². The van der Waals surface area contributed by atoms with Crippen LogP contribution in [0.4, 0.5) is 0 Å². The Kier molecular flexibility index (Phi) is 6.53. The second-order valence-corrected chi connectivity index (χ2v) is 6.41. The van der Waals surface area contributed by atoms with Crippen LogP contribution in [0.1, 0.15) is 42.1 Å². The van der Waals surface area contributed by atoms with E-state index in [1.807, 2.05) is 72.8 Å². The second-order valence-electron chi connectivity index (χ2n) is 6.41. The monoisotopic (exact) mass is 356 g/mol. The summed E-state index contributed by atoms with van der Waals surface area (Å²) in [5, 5.41) is 4.41. The van der Waals surface area contributed by atoms with Crippen LogP contribution in [0.25, 0.3) is 11.1 Å². The Bertz CT molecular complexity index is 885. The molecule has 0 saturated heterocycles. The Labute approximate surface area is 160 Å². The lowest BCUT2D eigenvalue weighted by molar-refractivity contribution is 0.0955. The van der Waals surface area contributed by atoms with Crippen LogP contribution in [-0.4, -0.2) is 11.6 Å². The third-order valence-corrected chi connectivity index (χ3v) is 4.42. The largest absolute Gasteiger partial charge is 0.271 e. The Morgan fingerprint density at radius 2 is 1.37 bits per heavy atom. The third kappa shape index (κ3) is 5.14. The highest BCUT2D eigenvalue weighted by Crippen LogP contribution is 2.19. The van der Waals surface area contributed by atoms with Crippen molar-refractivity contribution >= 4 is 11.6 Å². The summed E-state index contributed by atoms with van der Waals surface area (Å²) >= 11 is 0. The molecule has 3 aromatic carbocycles. The van der Waals surface area contributed by atoms with Crippen LogP contribution in [-0.2, 0) is 0 Å². The van der Waals surface area contributed by atoms with Gasteiger partial charge >= 0.3 is 0 Å². The standard InChI is InChI=1S/C24H24N2O/c1-2-3-14-23(21-12-8-5-9-13-21)25-26-24(27)22-17-15-20(16-18-22)19-10-6-4-7-11-19/h4-13,15-18H,2-3,14H2,1H3,(H,26,27)/b25-23+. The van der Waals surface area contributed by atoms with E-state index in [1.54, 1.807) is 0 Å². The molecule has 0 aliphatic carbocycles. The van der Waals surface area contributed by atoms with E-state index < -0.39 is 0 Å². The summed E-state index contributed by atoms with van der Waals surface area (Å²) in [6.45, 7) is 2.15. The number of hydrogen-bond donors (Lipinski definition) is 1. The first-order valence-corrected chi connectivity index (χ1v) is 9.35. The van der Waals surface area contributed by atoms with Gasteiger partial charge in [0.1, 0.15) is 0 Å². The van der Waals surface area contributed by atoms with Gasteiger partial charge in [-0.2, -0.15) is 5.10 Å². The van der Waals surface area contributed by atoms with Crippen LogP contribution < -0.4 is 5.43 Å². The molecule has 0 bridgehead atoms. The van der Waals surface area contributed by atoms with Gasteiger partial charge in [0.05, 0.1) is 5.71 Å². The molecule has 0 aliphatic heterocycles. The number of amides is 1. The molecule has 0 aliphatic rings. The Morgan fingerprint density at radius 3 is 2.00 bits per heavy atom. The van der Waals surface area contributed by atoms with Crippen molar-refractivity contribution in [1.29, 1.82) is 0 Å². The van der Waals surface area contributed by atoms with Crippen LogP contribution >= 0.6 is 0 Å². The first-order chi connectivity index (χ1) is 13.3. The van der Waals surface area contributed by atoms with Crippen LogP contribution in [0, 0.1) is 0 Å². The molecule has 0 spiro atoms. The van der Waals surface area contributed by atoms with E-state index >= 15 is 0 Å². The Morgan fingerprint density at radius 1 is 0.778 bits per heavy atom. The van der Waals surface area contributed by atoms with Crippen molar-refractivity contribution in [2.24, 2.45) is 5.10 Å². The topological polar surface area (TPSA) is 41.5 Å². The predicted molar refractivity (Wildman–Crippen MR) is 112 cm³/mol. The summed E-state index contributed by atoms with van der Waals surface area (Å²) in [5.41, 5.74) is 7.49. The zero-order chi connectivity index (χ0) is 18.9. The normalized spacial score (nSPS) is 11.2. The predicted octanol–water partition coefficient (Wildman–Crippen LogP) is 5.68. The minimum absolute atomic E-state index is 0.195. The summed E-state index contributed by atoms with van der Waals surface area (Å²) in [6.07, 6.45) is 2.96. The van der Waals surface area contributed by atoms with Gasteiger partial charge in [-0.15, -0.1) is 0 Å². The lowest BCUT2D eigenvalue weighted by atomic mass is 10.0. The van der Waals surface area contributed by atoms with Crippen molar-refractivity contribution in [3.05, 3.63) is 96.1 Å². The lowest BCUT2D eigenvalue weighted by Crippen LogP contribution is -2.20. The number of unbranched alkanes of at least 4 members (excludes halogenated alkanes) is 1. The number of carbonyl (C=O) groups excluding carboxylic acids is 1. The van der Waals surface area contributed by atoms with Crippen LogP contribution in [0.15, 0.2) is 90.0 Å². The zero-order valence-electron chi connectivity index (χ0n) is 15.6. The number of hydrazone groups is 1. The fourth-order valence-corrected chi connectivity index (χ4v) is 2.87. The molecule has 0 atom stereocenters. The number of carbonyl (C=O) groups is 1. The zero-order valence-corrected chi connectivity index (χ0v) is 15.6. The van der Waals surface area contributed by atoms with Gasteiger partial charge in [0.15, 0.2) is 0 Å². The van der Waals surface area contributed by atoms with Gasteiger partial charge in [0.2, 0.25) is 0 Å². The van der Waals surface area contributed by atoms with Crippen molar-refractivity contribution in [2.75, 3.05) is 0 Å². The van der Waals surface area contributed by atoms with Gasteiger partial charge in [0.25, 0.3) is 5.91 Å². The van der Waals surface area contributed by atoms with Crippen molar-refractivity contribution in [3.63, 3.8) is 0 Å². The van der Waals surface area contributed by atoms with Crippen molar-refractivity contribution in [2.45, 2.75) is 26.2 Å². The van der Waals surface area contributed by atoms with E-state index in [1.165, 1.54) is 0 Å². The SMILES string of the molecule is CCCC/C(=N\NC(=O)c1ccc(-c2ccccc2)cc1)c1ccccc1. The van der Waals surface area contributed by atoms with E-state index in [-0.39, 0.29) is 5.91 Å². The summed E-state index contributed by atoms with van der Waals surface area (Å²) in [7, 11) is 0. The maximum Gasteiger partial charge on any atom is 0.271 e. The second kappa shape index (κ2) is 9.48. The molecular formula is C24H24N2O. The van der Waals surface area contributed by atoms with E-state index in [0.29, 0.717) is 5.56 Å². The molecule has 0 radical (unpaired) electrons. The van der Waals surface area contributed by atoms with Crippen LogP contribution in [0.5, 0.6) is 0 Å². The molecule has 0 aromatic heterocycles. The van der Waals surface area contributed by atoms with Crippen molar-refractivity contribution < 1.29 is 4.79 Å². The highest BCUT2D eigenvalue weighted by Gasteiger charge is 2.07. The molecule has 0 saturated carbocycles. The van der Waals surface area contributed by atoms with Crippen LogP contribution in [0.2, 0.25) is 0 Å². The maximum absolute atomic E-state index is 12.5. The Hall–Kier alpha value is -3.20. The summed E-state index contributed by atoms with van der Waals surface area (Å²) in [4.78, 5) is 12.5. The van der Waals surface area contributed by atoms with E-state index in [2.05, 4.69) is 29.6 Å². The molecule has 0 fully saturated rings. The van der Waals surface area contributed by atoms with Gasteiger partial charge in [-0.05, 0) is 41.7 Å². The highest BCUT2D eigenvalue weighted by molar-refractivity contribution is 6.02. The van der Waals surface area contributed by atoms with Crippen molar-refractivity contribution in [3.8, 4) is 11.1 Å². The van der Waals surface area contributed by atoms with E-state index in [4.69, 9.17) is 0 Å². The average Bonchev–Trinajstić information content (AvgIpc) is 2.75. The molecule has 27 heavy (non-hydrogen) atoms. The average molecular weight is 356 g/mol. The fourth-order valence-electron chi connectivity index (χ4n) is 2.87. The van der Waals surface area contributed by atoms with Gasteiger partial charge in [-0.3, -0.25) is 4.79 Å². The quantitative estimate of drug-likeness (QED) is 0.429. The van der Waals surface area contributed by atoms with Crippen molar-refractivity contribution in [1.82, 2.24) is 5.43 Å². The molecule has 136 valence electrons. The number of hydrogen-bond acceptors (Lipinski definition) is 2. The summed E-state index contributed by atoms with van der Waals surface area (Å²) < 4.78 is 0. The van der Waals surface area contributed by atoms with Gasteiger partial charge in [0, 0.05) is 5.56 Å². The number of nitrogens with zero attached hydrogens (tertiary/aromatic N) is 1. The van der Waals surface area contributed by atoms with E-state index in [0.717, 1.165) is 41.7 Å². The minimum Gasteiger partial charge on any atom is -0.267 e. The minimum atomic E-state index is -0.195. The fraction of sp³-hybridized carbons (Fsp3) is 0.167. The molecule has 0 heterocycles. The third-order valence-electron chi connectivity index (χ3n) is 4.42. The highest BCUT2D eigenvalue weighted by atomic mass is 16.2. The summed E-state index contributed by atoms with van der Waals surface area (Å²) in [6, 6.07) is 27.7. The first-order valence-electron chi connectivity index (χ1n) is 9.35. The molecule has 3 rings (SSSR count). The molecule has 0 unspecified atom stereocenters. The summed E-state index contributed by atoms with van der Waals surface area (Å²) in [5.74, 6) is -0.195. The molecule has 1 amide bonds. The van der Waals surface area contributed by atoms with Crippen LogP contribution in [0.3, 0.4) is 0 Å². The van der Waals surface area contributed by atoms with Gasteiger partial charge in [-0.25, -0.2) is 5.43 Å². The molecule has 3 heteroatoms. The molecular weight excluding hydrogens is 332 g/mol. The molecule has 3 aromatic rings. The smallest absolute Gasteiger partial charge is 0.267 e. The van der Waals surface area contributed by atoms with Gasteiger partial charge in [-0.1, -0.05) is 86.1 Å². The molecule has 1 N–H and O–H groups in total. The molecule has 3 nitrogen and oxygen atoms in total.